The van der Waals surface area contributed by atoms with Crippen LogP contribution in [-0.4, -0.2) is 6.04 Å². The van der Waals surface area contributed by atoms with E-state index in [9.17, 15) is 0 Å². The topological polar surface area (TPSA) is 12.0 Å². The van der Waals surface area contributed by atoms with Crippen molar-refractivity contribution in [3.05, 3.63) is 71.8 Å². The van der Waals surface area contributed by atoms with Gasteiger partial charge in [-0.3, -0.25) is 0 Å². The van der Waals surface area contributed by atoms with Crippen molar-refractivity contribution in [2.24, 2.45) is 0 Å². The third-order valence-corrected chi connectivity index (χ3v) is 3.11. The first kappa shape index (κ1) is 10.2. The summed E-state index contributed by atoms with van der Waals surface area (Å²) in [4.78, 5) is 0. The third kappa shape index (κ3) is 2.23. The predicted molar refractivity (Wildman–Crippen MR) is 73.0 cm³/mol. The molecule has 0 aliphatic carbocycles. The summed E-state index contributed by atoms with van der Waals surface area (Å²) in [6.45, 7) is 0. The average Bonchev–Trinajstić information content (AvgIpc) is 2.40. The second-order valence-corrected chi connectivity index (χ2v) is 4.39. The molecule has 0 fully saturated rings. The van der Waals surface area contributed by atoms with Crippen LogP contribution in [0.3, 0.4) is 0 Å². The Balaban J connectivity index is 1.77. The zero-order valence-electron chi connectivity index (χ0n) is 9.64. The van der Waals surface area contributed by atoms with Gasteiger partial charge in [0.15, 0.2) is 0 Å². The number of nitrogens with one attached hydrogen (secondary N) is 1. The molecule has 0 radical (unpaired) electrons. The van der Waals surface area contributed by atoms with E-state index in [1.807, 2.05) is 0 Å². The van der Waals surface area contributed by atoms with Gasteiger partial charge in [-0.15, -0.1) is 0 Å². The van der Waals surface area contributed by atoms with Crippen LogP contribution in [0.4, 0.5) is 5.69 Å². The number of benzene rings is 2. The monoisotopic (exact) mass is 221 g/mol. The molecule has 0 aromatic heterocycles. The molecule has 1 heteroatoms. The second kappa shape index (κ2) is 4.46. The Labute approximate surface area is 102 Å². The highest BCUT2D eigenvalue weighted by Crippen LogP contribution is 2.23. The van der Waals surface area contributed by atoms with E-state index in [-0.39, 0.29) is 0 Å². The van der Waals surface area contributed by atoms with Crippen molar-refractivity contribution in [1.29, 1.82) is 0 Å². The molecular formula is C16H15N. The Morgan fingerprint density at radius 1 is 0.882 bits per heavy atom. The fourth-order valence-electron chi connectivity index (χ4n) is 2.23. The van der Waals surface area contributed by atoms with Gasteiger partial charge in [0, 0.05) is 11.7 Å². The first-order valence-electron chi connectivity index (χ1n) is 5.99. The molecule has 0 saturated carbocycles. The molecule has 84 valence electrons. The molecule has 0 saturated heterocycles. The Bertz CT molecular complexity index is 528. The van der Waals surface area contributed by atoms with Crippen molar-refractivity contribution in [2.75, 3.05) is 5.32 Å². The molecule has 2 aromatic rings. The smallest absolute Gasteiger partial charge is 0.0488 e. The van der Waals surface area contributed by atoms with E-state index < -0.39 is 0 Å². The standard InChI is InChI=1S/C16H15N/c1-2-6-13(7-3-1)12-15-11-10-14-8-4-5-9-16(14)17-15/h1-11,15,17H,12H2. The molecular weight excluding hydrogens is 206 g/mol. The Kier molecular flexibility index (Phi) is 2.66. The molecule has 1 atom stereocenters. The van der Waals surface area contributed by atoms with Gasteiger partial charge >= 0.3 is 0 Å². The highest BCUT2D eigenvalue weighted by molar-refractivity contribution is 5.70. The predicted octanol–water partition coefficient (Wildman–Crippen LogP) is 3.74. The van der Waals surface area contributed by atoms with Crippen LogP contribution in [-0.2, 0) is 6.42 Å². The lowest BCUT2D eigenvalue weighted by molar-refractivity contribution is 0.862. The molecule has 1 nitrogen and oxygen atoms in total. The maximum atomic E-state index is 3.56. The SMILES string of the molecule is C1=CC(Cc2ccccc2)Nc2ccccc21. The lowest BCUT2D eigenvalue weighted by Crippen LogP contribution is -2.22. The summed E-state index contributed by atoms with van der Waals surface area (Å²) in [7, 11) is 0. The van der Waals surface area contributed by atoms with Gasteiger partial charge in [0.05, 0.1) is 0 Å². The first-order chi connectivity index (χ1) is 8.42. The summed E-state index contributed by atoms with van der Waals surface area (Å²) in [6.07, 6.45) is 5.49. The molecule has 1 aliphatic heterocycles. The van der Waals surface area contributed by atoms with Gasteiger partial charge in [-0.05, 0) is 23.6 Å². The molecule has 1 heterocycles. The minimum Gasteiger partial charge on any atom is -0.378 e. The summed E-state index contributed by atoms with van der Waals surface area (Å²) in [5, 5.41) is 3.56. The van der Waals surface area contributed by atoms with Crippen molar-refractivity contribution in [2.45, 2.75) is 12.5 Å². The third-order valence-electron chi connectivity index (χ3n) is 3.11. The minimum atomic E-state index is 0.396. The average molecular weight is 221 g/mol. The van der Waals surface area contributed by atoms with Crippen molar-refractivity contribution in [3.63, 3.8) is 0 Å². The van der Waals surface area contributed by atoms with Crippen molar-refractivity contribution < 1.29 is 0 Å². The number of anilines is 1. The summed E-state index contributed by atoms with van der Waals surface area (Å²) in [6, 6.07) is 19.4. The fraction of sp³-hybridized carbons (Fsp3) is 0.125. The van der Waals surface area contributed by atoms with E-state index in [1.54, 1.807) is 0 Å². The lowest BCUT2D eigenvalue weighted by Gasteiger charge is -2.22. The van der Waals surface area contributed by atoms with Crippen LogP contribution in [0, 0.1) is 0 Å². The van der Waals surface area contributed by atoms with Crippen LogP contribution in [0.1, 0.15) is 11.1 Å². The maximum Gasteiger partial charge on any atom is 0.0488 e. The second-order valence-electron chi connectivity index (χ2n) is 4.39. The highest BCUT2D eigenvalue weighted by Gasteiger charge is 2.11. The normalized spacial score (nSPS) is 17.3. The highest BCUT2D eigenvalue weighted by atomic mass is 14.9. The van der Waals surface area contributed by atoms with Gasteiger partial charge < -0.3 is 5.32 Å². The van der Waals surface area contributed by atoms with E-state index in [2.05, 4.69) is 72.1 Å². The first-order valence-corrected chi connectivity index (χ1v) is 5.99. The number of hydrogen-bond acceptors (Lipinski definition) is 1. The Hall–Kier alpha value is -2.02. The molecule has 1 unspecified atom stereocenters. The summed E-state index contributed by atoms with van der Waals surface area (Å²) >= 11 is 0. The van der Waals surface area contributed by atoms with E-state index in [1.165, 1.54) is 16.8 Å². The lowest BCUT2D eigenvalue weighted by atomic mass is 10.00. The number of fused-ring (bicyclic) bond motifs is 1. The van der Waals surface area contributed by atoms with Gasteiger partial charge in [-0.25, -0.2) is 0 Å². The Morgan fingerprint density at radius 2 is 1.65 bits per heavy atom. The van der Waals surface area contributed by atoms with Crippen molar-refractivity contribution in [3.8, 4) is 0 Å². The van der Waals surface area contributed by atoms with Crippen LogP contribution in [0.2, 0.25) is 0 Å². The molecule has 3 rings (SSSR count). The van der Waals surface area contributed by atoms with E-state index in [0.29, 0.717) is 6.04 Å². The van der Waals surface area contributed by atoms with E-state index in [4.69, 9.17) is 0 Å². The van der Waals surface area contributed by atoms with Gasteiger partial charge in [-0.1, -0.05) is 60.7 Å². The van der Waals surface area contributed by atoms with Crippen LogP contribution in [0.25, 0.3) is 6.08 Å². The summed E-state index contributed by atoms with van der Waals surface area (Å²) in [5.74, 6) is 0. The van der Waals surface area contributed by atoms with Crippen LogP contribution in [0.5, 0.6) is 0 Å². The quantitative estimate of drug-likeness (QED) is 0.814. The molecule has 0 amide bonds. The fourth-order valence-corrected chi connectivity index (χ4v) is 2.23. The van der Waals surface area contributed by atoms with Crippen LogP contribution >= 0.6 is 0 Å². The number of hydrogen-bond donors (Lipinski definition) is 1. The minimum absolute atomic E-state index is 0.396. The molecule has 1 N–H and O–H groups in total. The summed E-state index contributed by atoms with van der Waals surface area (Å²) in [5.41, 5.74) is 3.88. The zero-order chi connectivity index (χ0) is 11.5. The van der Waals surface area contributed by atoms with Crippen molar-refractivity contribution >= 4 is 11.8 Å². The van der Waals surface area contributed by atoms with Crippen molar-refractivity contribution in [1.82, 2.24) is 0 Å². The summed E-state index contributed by atoms with van der Waals surface area (Å²) < 4.78 is 0. The number of para-hydroxylation sites is 1. The Morgan fingerprint density at radius 3 is 2.53 bits per heavy atom. The van der Waals surface area contributed by atoms with Gasteiger partial charge in [0.2, 0.25) is 0 Å². The molecule has 0 spiro atoms. The van der Waals surface area contributed by atoms with Crippen LogP contribution < -0.4 is 5.32 Å². The number of rotatable bonds is 2. The van der Waals surface area contributed by atoms with E-state index in [0.717, 1.165) is 6.42 Å². The zero-order valence-corrected chi connectivity index (χ0v) is 9.64. The van der Waals surface area contributed by atoms with Gasteiger partial charge in [0.1, 0.15) is 0 Å². The van der Waals surface area contributed by atoms with E-state index >= 15 is 0 Å². The molecule has 2 aromatic carbocycles. The van der Waals surface area contributed by atoms with Crippen LogP contribution in [0.15, 0.2) is 60.7 Å². The molecule has 1 aliphatic rings. The maximum absolute atomic E-state index is 3.56. The van der Waals surface area contributed by atoms with Gasteiger partial charge in [0.25, 0.3) is 0 Å². The molecule has 17 heavy (non-hydrogen) atoms. The van der Waals surface area contributed by atoms with Gasteiger partial charge in [-0.2, -0.15) is 0 Å². The largest absolute Gasteiger partial charge is 0.378 e. The molecule has 0 bridgehead atoms.